The van der Waals surface area contributed by atoms with Crippen LogP contribution in [0.2, 0.25) is 0 Å². The maximum atomic E-state index is 14.2. The van der Waals surface area contributed by atoms with E-state index in [1.165, 1.54) is 18.2 Å². The molecule has 4 aromatic carbocycles. The lowest BCUT2D eigenvalue weighted by molar-refractivity contribution is -0.396. The van der Waals surface area contributed by atoms with E-state index < -0.39 is 41.4 Å². The van der Waals surface area contributed by atoms with Crippen LogP contribution in [0.1, 0.15) is 29.8 Å². The Kier molecular flexibility index (Phi) is 9.74. The fourth-order valence-corrected chi connectivity index (χ4v) is 4.01. The third-order valence-corrected chi connectivity index (χ3v) is 6.05. The van der Waals surface area contributed by atoms with E-state index in [1.54, 1.807) is 44.2 Å². The van der Waals surface area contributed by atoms with Crippen LogP contribution in [0.3, 0.4) is 0 Å². The zero-order valence-electron chi connectivity index (χ0n) is 23.2. The van der Waals surface area contributed by atoms with Gasteiger partial charge < -0.3 is 9.47 Å². The molecule has 3 N–H and O–H groups in total. The number of hydrogen-bond acceptors (Lipinski definition) is 6. The summed E-state index contributed by atoms with van der Waals surface area (Å²) in [6, 6.07) is 22.0. The van der Waals surface area contributed by atoms with E-state index in [9.17, 15) is 23.2 Å². The SMILES string of the molecule is CC(C)N(C(=O)/[N+](=N/N)C(=O)Nc1c(F)cccc1F)c1ccc(C(=O)OCc2ccccc2)cc1Oc1ccccc1. The number of para-hydroxylation sites is 2. The molecule has 4 aromatic rings. The van der Waals surface area contributed by atoms with E-state index in [-0.39, 0.29) is 28.3 Å². The Labute approximate surface area is 245 Å². The number of urea groups is 2. The Hall–Kier alpha value is -5.65. The van der Waals surface area contributed by atoms with Crippen LogP contribution >= 0.6 is 0 Å². The number of anilines is 2. The smallest absolute Gasteiger partial charge is 0.443 e. The summed E-state index contributed by atoms with van der Waals surface area (Å²) in [4.78, 5) is 40.7. The number of amides is 4. The van der Waals surface area contributed by atoms with Crippen LogP contribution in [0, 0.1) is 11.6 Å². The van der Waals surface area contributed by atoms with Crippen LogP contribution in [-0.4, -0.2) is 28.8 Å². The van der Waals surface area contributed by atoms with E-state index in [0.29, 0.717) is 5.75 Å². The number of rotatable bonds is 8. The average Bonchev–Trinajstić information content (AvgIpc) is 3.00. The van der Waals surface area contributed by atoms with Crippen molar-refractivity contribution in [3.8, 4) is 11.5 Å². The lowest BCUT2D eigenvalue weighted by Gasteiger charge is -2.25. The van der Waals surface area contributed by atoms with E-state index in [2.05, 4.69) is 5.22 Å². The topological polar surface area (TPSA) is 126 Å². The summed E-state index contributed by atoms with van der Waals surface area (Å²) in [6.45, 7) is 3.34. The van der Waals surface area contributed by atoms with Crippen molar-refractivity contribution in [1.82, 2.24) is 0 Å². The third-order valence-electron chi connectivity index (χ3n) is 6.05. The van der Waals surface area contributed by atoms with Crippen molar-refractivity contribution in [3.63, 3.8) is 0 Å². The monoisotopic (exact) mass is 588 g/mol. The van der Waals surface area contributed by atoms with Crippen molar-refractivity contribution >= 4 is 29.4 Å². The first-order valence-electron chi connectivity index (χ1n) is 13.1. The van der Waals surface area contributed by atoms with E-state index in [1.807, 2.05) is 35.6 Å². The predicted molar refractivity (Wildman–Crippen MR) is 154 cm³/mol. The Bertz CT molecular complexity index is 1630. The molecule has 4 amide bonds. The van der Waals surface area contributed by atoms with Crippen LogP contribution in [0.25, 0.3) is 0 Å². The Morgan fingerprint density at radius 3 is 2.14 bits per heavy atom. The molecule has 10 nitrogen and oxygen atoms in total. The maximum absolute atomic E-state index is 14.2. The fourth-order valence-electron chi connectivity index (χ4n) is 4.01. The molecule has 0 aliphatic heterocycles. The van der Waals surface area contributed by atoms with Gasteiger partial charge in [0.25, 0.3) is 0 Å². The van der Waals surface area contributed by atoms with Crippen LogP contribution in [-0.2, 0) is 11.3 Å². The van der Waals surface area contributed by atoms with Crippen molar-refractivity contribution in [2.75, 3.05) is 10.2 Å². The molecule has 0 heterocycles. The number of halogens is 2. The summed E-state index contributed by atoms with van der Waals surface area (Å²) < 4.78 is 40.1. The van der Waals surface area contributed by atoms with Gasteiger partial charge in [-0.3, -0.25) is 0 Å². The summed E-state index contributed by atoms with van der Waals surface area (Å²) in [5.41, 5.74) is 0.289. The summed E-state index contributed by atoms with van der Waals surface area (Å²) in [5, 5.41) is 5.24. The Morgan fingerprint density at radius 1 is 0.907 bits per heavy atom. The fraction of sp³-hybridized carbons (Fsp3) is 0.129. The van der Waals surface area contributed by atoms with Crippen molar-refractivity contribution in [1.29, 1.82) is 0 Å². The number of benzene rings is 4. The second-order valence-electron chi connectivity index (χ2n) is 9.36. The quantitative estimate of drug-likeness (QED) is 0.0749. The predicted octanol–water partition coefficient (Wildman–Crippen LogP) is 7.02. The molecule has 0 spiro atoms. The minimum atomic E-state index is -1.31. The molecule has 0 atom stereocenters. The molecule has 0 radical (unpaired) electrons. The second kappa shape index (κ2) is 13.8. The standard InChI is InChI=1S/C31H27F2N5O5/c1-20(2)37(31(41)38(36-34)30(40)35-28-24(32)14-9-15-25(28)33)26-17-16-22(18-27(26)43-23-12-7-4-8-13-23)29(39)42-19-21-10-5-3-6-11-21/h3-18,20,34H,19H2,1-2H3,(H,35,40)/p+1. The summed E-state index contributed by atoms with van der Waals surface area (Å²) in [5.74, 6) is 3.09. The van der Waals surface area contributed by atoms with Crippen LogP contribution in [0.15, 0.2) is 102 Å². The number of carbonyl (C=O) groups excluding carboxylic acids is 3. The molecular formula is C31H28F2N5O5+. The molecule has 220 valence electrons. The van der Waals surface area contributed by atoms with Crippen LogP contribution in [0.5, 0.6) is 11.5 Å². The van der Waals surface area contributed by atoms with Gasteiger partial charge in [0.1, 0.15) is 18.0 Å². The van der Waals surface area contributed by atoms with Crippen LogP contribution in [0.4, 0.5) is 29.7 Å². The highest BCUT2D eigenvalue weighted by atomic mass is 19.1. The van der Waals surface area contributed by atoms with Gasteiger partial charge in [-0.2, -0.15) is 0 Å². The summed E-state index contributed by atoms with van der Waals surface area (Å²) >= 11 is 0. The zero-order chi connectivity index (χ0) is 30.9. The number of ether oxygens (including phenoxy) is 2. The van der Waals surface area contributed by atoms with Gasteiger partial charge >= 0.3 is 18.0 Å². The summed E-state index contributed by atoms with van der Waals surface area (Å²) in [7, 11) is 0. The number of nitrogens with zero attached hydrogens (tertiary/aromatic N) is 3. The lowest BCUT2D eigenvalue weighted by Crippen LogP contribution is -2.46. The number of nitrogens with two attached hydrogens (primary N) is 1. The molecule has 0 aromatic heterocycles. The number of hydrogen-bond donors (Lipinski definition) is 2. The van der Waals surface area contributed by atoms with Gasteiger partial charge in [-0.15, -0.1) is 0 Å². The van der Waals surface area contributed by atoms with Gasteiger partial charge in [-0.05, 0) is 66.6 Å². The van der Waals surface area contributed by atoms with Crippen molar-refractivity contribution < 1.29 is 37.3 Å². The normalized spacial score (nSPS) is 11.1. The minimum absolute atomic E-state index is 0.0393. The van der Waals surface area contributed by atoms with Gasteiger partial charge in [0.15, 0.2) is 23.1 Å². The number of carbonyl (C=O) groups is 3. The molecule has 4 rings (SSSR count). The molecule has 0 aliphatic carbocycles. The first kappa shape index (κ1) is 30.3. The van der Waals surface area contributed by atoms with Crippen LogP contribution < -0.4 is 20.8 Å². The van der Waals surface area contributed by atoms with E-state index in [0.717, 1.165) is 28.7 Å². The molecule has 0 bridgehead atoms. The molecule has 0 unspecified atom stereocenters. The molecule has 12 heteroatoms. The molecule has 0 fully saturated rings. The molecule has 0 saturated heterocycles. The van der Waals surface area contributed by atoms with Crippen molar-refractivity contribution in [2.45, 2.75) is 26.5 Å². The van der Waals surface area contributed by atoms with Gasteiger partial charge in [-0.25, -0.2) is 39.2 Å². The van der Waals surface area contributed by atoms with Gasteiger partial charge in [0.2, 0.25) is 0 Å². The second-order valence-corrected chi connectivity index (χ2v) is 9.36. The minimum Gasteiger partial charge on any atom is -0.457 e. The zero-order valence-corrected chi connectivity index (χ0v) is 23.2. The third kappa shape index (κ3) is 7.36. The molecular weight excluding hydrogens is 560 g/mol. The number of esters is 1. The molecule has 0 saturated carbocycles. The van der Waals surface area contributed by atoms with Gasteiger partial charge in [-0.1, -0.05) is 54.6 Å². The molecule has 43 heavy (non-hydrogen) atoms. The van der Waals surface area contributed by atoms with Gasteiger partial charge in [0.05, 0.1) is 11.6 Å². The van der Waals surface area contributed by atoms with Crippen molar-refractivity contribution in [2.24, 2.45) is 11.1 Å². The lowest BCUT2D eigenvalue weighted by atomic mass is 10.1. The first-order valence-corrected chi connectivity index (χ1v) is 13.1. The van der Waals surface area contributed by atoms with Gasteiger partial charge in [0, 0.05) is 5.22 Å². The first-order chi connectivity index (χ1) is 20.7. The van der Waals surface area contributed by atoms with E-state index >= 15 is 0 Å². The number of imide groups is 1. The summed E-state index contributed by atoms with van der Waals surface area (Å²) in [6.07, 6.45) is 0. The maximum Gasteiger partial charge on any atom is 0.443 e. The number of nitrogens with one attached hydrogen (secondary N) is 1. The molecule has 0 aliphatic rings. The van der Waals surface area contributed by atoms with E-state index in [4.69, 9.17) is 15.3 Å². The average molecular weight is 589 g/mol. The largest absolute Gasteiger partial charge is 0.457 e. The highest BCUT2D eigenvalue weighted by Crippen LogP contribution is 2.35. The highest BCUT2D eigenvalue weighted by Gasteiger charge is 2.36. The Balaban J connectivity index is 1.67. The Morgan fingerprint density at radius 2 is 1.53 bits per heavy atom. The highest BCUT2D eigenvalue weighted by molar-refractivity contribution is 5.98. The van der Waals surface area contributed by atoms with Crippen molar-refractivity contribution in [3.05, 3.63) is 120 Å².